The zero-order valence-electron chi connectivity index (χ0n) is 13.2. The van der Waals surface area contributed by atoms with E-state index < -0.39 is 12.1 Å². The molecule has 0 fully saturated rings. The summed E-state index contributed by atoms with van der Waals surface area (Å²) in [7, 11) is 0. The number of esters is 1. The zero-order chi connectivity index (χ0) is 17.1. The third-order valence-corrected chi connectivity index (χ3v) is 4.34. The molecule has 0 spiro atoms. The maximum absolute atomic E-state index is 12.3. The fraction of sp³-hybridized carbons (Fsp3) is 0.312. The molecule has 0 bridgehead atoms. The quantitative estimate of drug-likeness (QED) is 0.854. The van der Waals surface area contributed by atoms with Crippen molar-refractivity contribution in [1.29, 1.82) is 0 Å². The fourth-order valence-electron chi connectivity index (χ4n) is 2.17. The van der Waals surface area contributed by atoms with Gasteiger partial charge in [-0.05, 0) is 26.0 Å². The molecule has 0 saturated carbocycles. The molecular formula is C16H16N2O5S. The van der Waals surface area contributed by atoms with Crippen LogP contribution in [0.2, 0.25) is 0 Å². The first-order valence-electron chi connectivity index (χ1n) is 7.42. The van der Waals surface area contributed by atoms with E-state index in [0.29, 0.717) is 27.2 Å². The van der Waals surface area contributed by atoms with Crippen molar-refractivity contribution in [1.82, 2.24) is 4.98 Å². The van der Waals surface area contributed by atoms with Crippen molar-refractivity contribution in [3.8, 4) is 11.5 Å². The molecule has 0 saturated heterocycles. The molecule has 0 unspecified atom stereocenters. The molecule has 1 amide bonds. The molecule has 1 aromatic carbocycles. The van der Waals surface area contributed by atoms with Crippen molar-refractivity contribution in [3.05, 3.63) is 34.8 Å². The van der Waals surface area contributed by atoms with Gasteiger partial charge in [0.2, 0.25) is 6.10 Å². The van der Waals surface area contributed by atoms with Crippen molar-refractivity contribution >= 4 is 28.3 Å². The summed E-state index contributed by atoms with van der Waals surface area (Å²) in [6.07, 6.45) is -0.782. The summed E-state index contributed by atoms with van der Waals surface area (Å²) in [5.74, 6) is 0.301. The highest BCUT2D eigenvalue weighted by Crippen LogP contribution is 2.31. The summed E-state index contributed by atoms with van der Waals surface area (Å²) >= 11 is 1.07. The second-order valence-electron chi connectivity index (χ2n) is 5.01. The van der Waals surface area contributed by atoms with E-state index >= 15 is 0 Å². The smallest absolute Gasteiger partial charge is 0.350 e. The number of rotatable bonds is 4. The molecule has 1 aliphatic heterocycles. The summed E-state index contributed by atoms with van der Waals surface area (Å²) in [6, 6.07) is 7.15. The molecule has 1 N–H and O–H groups in total. The lowest BCUT2D eigenvalue weighted by Crippen LogP contribution is -2.40. The Kier molecular flexibility index (Phi) is 4.66. The Balaban J connectivity index is 1.68. The number of para-hydroxylation sites is 2. The van der Waals surface area contributed by atoms with Gasteiger partial charge in [-0.1, -0.05) is 23.5 Å². The Morgan fingerprint density at radius 1 is 1.38 bits per heavy atom. The summed E-state index contributed by atoms with van der Waals surface area (Å²) < 4.78 is 16.1. The molecule has 7 nitrogen and oxygen atoms in total. The summed E-state index contributed by atoms with van der Waals surface area (Å²) in [5, 5.41) is 2.98. The number of aryl methyl sites for hydroxylation is 1. The van der Waals surface area contributed by atoms with Crippen LogP contribution in [0.1, 0.15) is 22.3 Å². The third kappa shape index (κ3) is 3.33. The summed E-state index contributed by atoms with van der Waals surface area (Å²) in [5.41, 5.74) is 0.514. The Morgan fingerprint density at radius 2 is 2.12 bits per heavy atom. The zero-order valence-corrected chi connectivity index (χ0v) is 14.0. The Labute approximate surface area is 142 Å². The van der Waals surface area contributed by atoms with Gasteiger partial charge in [-0.3, -0.25) is 10.1 Å². The van der Waals surface area contributed by atoms with Crippen molar-refractivity contribution < 1.29 is 23.8 Å². The summed E-state index contributed by atoms with van der Waals surface area (Å²) in [4.78, 5) is 28.7. The van der Waals surface area contributed by atoms with Crippen LogP contribution in [0.25, 0.3) is 0 Å². The number of carbonyl (C=O) groups is 2. The largest absolute Gasteiger partial charge is 0.485 e. The molecule has 24 heavy (non-hydrogen) atoms. The highest BCUT2D eigenvalue weighted by molar-refractivity contribution is 7.17. The topological polar surface area (TPSA) is 86.8 Å². The highest BCUT2D eigenvalue weighted by atomic mass is 32.1. The first-order valence-corrected chi connectivity index (χ1v) is 8.24. The van der Waals surface area contributed by atoms with Gasteiger partial charge in [0.25, 0.3) is 5.91 Å². The molecule has 2 heterocycles. The molecular weight excluding hydrogens is 332 g/mol. The number of nitrogens with one attached hydrogen (secondary N) is 1. The number of fused-ring (bicyclic) bond motifs is 1. The molecule has 1 aliphatic rings. The average molecular weight is 348 g/mol. The SMILES string of the molecule is CCOC(=O)c1sc(NC(=O)[C@H]2COc3ccccc3O2)nc1C. The first-order chi connectivity index (χ1) is 11.6. The molecule has 2 aromatic rings. The van der Waals surface area contributed by atoms with E-state index in [1.165, 1.54) is 0 Å². The number of benzene rings is 1. The fourth-order valence-corrected chi connectivity index (χ4v) is 3.03. The van der Waals surface area contributed by atoms with Crippen LogP contribution in [0, 0.1) is 6.92 Å². The molecule has 1 aromatic heterocycles. The number of thiazole rings is 1. The van der Waals surface area contributed by atoms with E-state index in [2.05, 4.69) is 10.3 Å². The molecule has 0 radical (unpaired) electrons. The number of carbonyl (C=O) groups excluding carboxylic acids is 2. The second-order valence-corrected chi connectivity index (χ2v) is 6.01. The van der Waals surface area contributed by atoms with Gasteiger partial charge in [0.05, 0.1) is 12.3 Å². The lowest BCUT2D eigenvalue weighted by Gasteiger charge is -2.25. The van der Waals surface area contributed by atoms with Gasteiger partial charge >= 0.3 is 5.97 Å². The van der Waals surface area contributed by atoms with Gasteiger partial charge in [0.15, 0.2) is 16.6 Å². The number of anilines is 1. The lowest BCUT2D eigenvalue weighted by atomic mass is 10.2. The third-order valence-electron chi connectivity index (χ3n) is 3.29. The maximum Gasteiger partial charge on any atom is 0.350 e. The molecule has 126 valence electrons. The predicted molar refractivity (Wildman–Crippen MR) is 87.8 cm³/mol. The van der Waals surface area contributed by atoms with Crippen molar-refractivity contribution in [2.24, 2.45) is 0 Å². The second kappa shape index (κ2) is 6.88. The average Bonchev–Trinajstić information content (AvgIpc) is 2.95. The molecule has 3 rings (SSSR count). The highest BCUT2D eigenvalue weighted by Gasteiger charge is 2.28. The lowest BCUT2D eigenvalue weighted by molar-refractivity contribution is -0.125. The van der Waals surface area contributed by atoms with E-state index in [1.807, 2.05) is 6.07 Å². The van der Waals surface area contributed by atoms with Crippen LogP contribution in [0.4, 0.5) is 5.13 Å². The van der Waals surface area contributed by atoms with E-state index in [4.69, 9.17) is 14.2 Å². The van der Waals surface area contributed by atoms with Crippen LogP contribution in [0.15, 0.2) is 24.3 Å². The van der Waals surface area contributed by atoms with E-state index in [1.54, 1.807) is 32.0 Å². The first kappa shape index (κ1) is 16.3. The number of hydrogen-bond donors (Lipinski definition) is 1. The number of hydrogen-bond acceptors (Lipinski definition) is 7. The van der Waals surface area contributed by atoms with E-state index in [-0.39, 0.29) is 19.1 Å². The molecule has 1 atom stereocenters. The number of ether oxygens (including phenoxy) is 3. The van der Waals surface area contributed by atoms with E-state index in [0.717, 1.165) is 11.3 Å². The molecule has 0 aliphatic carbocycles. The van der Waals surface area contributed by atoms with E-state index in [9.17, 15) is 9.59 Å². The van der Waals surface area contributed by atoms with Crippen LogP contribution in [0.5, 0.6) is 11.5 Å². The minimum absolute atomic E-state index is 0.109. The van der Waals surface area contributed by atoms with Gasteiger partial charge in [-0.2, -0.15) is 0 Å². The van der Waals surface area contributed by atoms with Crippen molar-refractivity contribution in [3.63, 3.8) is 0 Å². The van der Waals surface area contributed by atoms with Gasteiger partial charge in [-0.15, -0.1) is 0 Å². The minimum atomic E-state index is -0.782. The Bertz CT molecular complexity index is 774. The summed E-state index contributed by atoms with van der Waals surface area (Å²) in [6.45, 7) is 3.81. The van der Waals surface area contributed by atoms with Crippen LogP contribution in [-0.2, 0) is 9.53 Å². The van der Waals surface area contributed by atoms with Gasteiger partial charge < -0.3 is 14.2 Å². The van der Waals surface area contributed by atoms with Gasteiger partial charge in [-0.25, -0.2) is 9.78 Å². The van der Waals surface area contributed by atoms with Crippen LogP contribution in [0.3, 0.4) is 0 Å². The standard InChI is InChI=1S/C16H16N2O5S/c1-3-21-15(20)13-9(2)17-16(24-13)18-14(19)12-8-22-10-6-4-5-7-11(10)23-12/h4-7,12H,3,8H2,1-2H3,(H,17,18,19)/t12-/m1/s1. The van der Waals surface area contributed by atoms with Crippen molar-refractivity contribution in [2.75, 3.05) is 18.5 Å². The predicted octanol–water partition coefficient (Wildman–Crippen LogP) is 2.41. The normalized spacial score (nSPS) is 15.7. The van der Waals surface area contributed by atoms with Crippen molar-refractivity contribution in [2.45, 2.75) is 20.0 Å². The number of amides is 1. The Morgan fingerprint density at radius 3 is 2.88 bits per heavy atom. The number of nitrogens with zero attached hydrogens (tertiary/aromatic N) is 1. The van der Waals surface area contributed by atoms with Gasteiger partial charge in [0.1, 0.15) is 11.5 Å². The monoisotopic (exact) mass is 348 g/mol. The van der Waals surface area contributed by atoms with Crippen LogP contribution < -0.4 is 14.8 Å². The van der Waals surface area contributed by atoms with Crippen LogP contribution in [-0.4, -0.2) is 36.2 Å². The van der Waals surface area contributed by atoms with Gasteiger partial charge in [0, 0.05) is 0 Å². The maximum atomic E-state index is 12.3. The molecule has 8 heteroatoms. The minimum Gasteiger partial charge on any atom is -0.485 e. The number of aromatic nitrogens is 1. The Hall–Kier alpha value is -2.61. The van der Waals surface area contributed by atoms with Crippen LogP contribution >= 0.6 is 11.3 Å².